The van der Waals surface area contributed by atoms with Crippen LogP contribution in [0.15, 0.2) is 0 Å². The molecule has 0 aromatic rings. The van der Waals surface area contributed by atoms with Crippen LogP contribution in [-0.4, -0.2) is 35.7 Å². The van der Waals surface area contributed by atoms with Gasteiger partial charge in [-0.2, -0.15) is 5.26 Å². The van der Waals surface area contributed by atoms with Crippen LogP contribution in [0, 0.1) is 11.3 Å². The van der Waals surface area contributed by atoms with E-state index in [9.17, 15) is 0 Å². The molecule has 0 saturated heterocycles. The van der Waals surface area contributed by atoms with Crippen molar-refractivity contribution in [3.63, 3.8) is 0 Å². The minimum Gasteiger partial charge on any atom is -0.396 e. The SMILES string of the molecule is N#CCCN(CCCCCCO)C1CC1. The third-order valence-electron chi connectivity index (χ3n) is 2.93. The molecular formula is C12H22N2O. The molecule has 0 aliphatic heterocycles. The number of unbranched alkanes of at least 4 members (excludes halogenated alkanes) is 3. The van der Waals surface area contributed by atoms with Crippen LogP contribution in [0.2, 0.25) is 0 Å². The number of rotatable bonds is 9. The minimum absolute atomic E-state index is 0.320. The van der Waals surface area contributed by atoms with Gasteiger partial charge in [-0.3, -0.25) is 4.90 Å². The first-order chi connectivity index (χ1) is 7.38. The Morgan fingerprint density at radius 3 is 2.47 bits per heavy atom. The van der Waals surface area contributed by atoms with E-state index in [0.717, 1.165) is 32.0 Å². The average Bonchev–Trinajstić information content (AvgIpc) is 3.06. The summed E-state index contributed by atoms with van der Waals surface area (Å²) < 4.78 is 0. The van der Waals surface area contributed by atoms with Gasteiger partial charge in [-0.25, -0.2) is 0 Å². The molecule has 0 aromatic heterocycles. The molecule has 0 bridgehead atoms. The van der Waals surface area contributed by atoms with Crippen LogP contribution >= 0.6 is 0 Å². The van der Waals surface area contributed by atoms with Crippen molar-refractivity contribution in [3.8, 4) is 6.07 Å². The van der Waals surface area contributed by atoms with Gasteiger partial charge in [0.15, 0.2) is 0 Å². The van der Waals surface area contributed by atoms with Crippen LogP contribution in [0.25, 0.3) is 0 Å². The van der Waals surface area contributed by atoms with E-state index in [2.05, 4.69) is 11.0 Å². The van der Waals surface area contributed by atoms with E-state index in [-0.39, 0.29) is 0 Å². The van der Waals surface area contributed by atoms with Crippen molar-refractivity contribution in [2.24, 2.45) is 0 Å². The highest BCUT2D eigenvalue weighted by atomic mass is 16.2. The molecule has 1 aliphatic rings. The molecule has 86 valence electrons. The lowest BCUT2D eigenvalue weighted by Gasteiger charge is -2.20. The second-order valence-corrected chi connectivity index (χ2v) is 4.31. The molecule has 0 radical (unpaired) electrons. The van der Waals surface area contributed by atoms with E-state index < -0.39 is 0 Å². The predicted octanol–water partition coefficient (Wildman–Crippen LogP) is 1.92. The van der Waals surface area contributed by atoms with E-state index in [1.54, 1.807) is 0 Å². The lowest BCUT2D eigenvalue weighted by atomic mass is 10.2. The van der Waals surface area contributed by atoms with Gasteiger partial charge in [0.1, 0.15) is 0 Å². The number of hydrogen-bond donors (Lipinski definition) is 1. The van der Waals surface area contributed by atoms with Gasteiger partial charge < -0.3 is 5.11 Å². The van der Waals surface area contributed by atoms with Crippen LogP contribution in [0.5, 0.6) is 0 Å². The van der Waals surface area contributed by atoms with Gasteiger partial charge in [0.05, 0.1) is 6.07 Å². The van der Waals surface area contributed by atoms with Gasteiger partial charge in [0.2, 0.25) is 0 Å². The number of nitriles is 1. The molecule has 0 aromatic carbocycles. The van der Waals surface area contributed by atoms with E-state index in [4.69, 9.17) is 10.4 Å². The largest absolute Gasteiger partial charge is 0.396 e. The lowest BCUT2D eigenvalue weighted by Crippen LogP contribution is -2.28. The van der Waals surface area contributed by atoms with Crippen molar-refractivity contribution < 1.29 is 5.11 Å². The zero-order valence-electron chi connectivity index (χ0n) is 9.49. The number of aliphatic hydroxyl groups is 1. The second kappa shape index (κ2) is 7.67. The molecule has 0 amide bonds. The fraction of sp³-hybridized carbons (Fsp3) is 0.917. The molecule has 1 aliphatic carbocycles. The zero-order chi connectivity index (χ0) is 10.9. The topological polar surface area (TPSA) is 47.3 Å². The Hall–Kier alpha value is -0.590. The van der Waals surface area contributed by atoms with E-state index in [1.165, 1.54) is 25.7 Å². The molecule has 1 saturated carbocycles. The number of aliphatic hydroxyl groups excluding tert-OH is 1. The summed E-state index contributed by atoms with van der Waals surface area (Å²) >= 11 is 0. The Labute approximate surface area is 92.7 Å². The van der Waals surface area contributed by atoms with Crippen LogP contribution in [-0.2, 0) is 0 Å². The Kier molecular flexibility index (Phi) is 6.38. The summed E-state index contributed by atoms with van der Waals surface area (Å²) in [5.74, 6) is 0. The van der Waals surface area contributed by atoms with Crippen molar-refractivity contribution in [1.82, 2.24) is 4.90 Å². The molecule has 1 N–H and O–H groups in total. The van der Waals surface area contributed by atoms with Gasteiger partial charge >= 0.3 is 0 Å². The summed E-state index contributed by atoms with van der Waals surface area (Å²) in [6, 6.07) is 2.99. The highest BCUT2D eigenvalue weighted by Crippen LogP contribution is 2.27. The van der Waals surface area contributed by atoms with Gasteiger partial charge in [-0.15, -0.1) is 0 Å². The maximum Gasteiger partial charge on any atom is 0.0635 e. The number of nitrogens with zero attached hydrogens (tertiary/aromatic N) is 2. The van der Waals surface area contributed by atoms with Crippen LogP contribution < -0.4 is 0 Å². The fourth-order valence-corrected chi connectivity index (χ4v) is 1.89. The van der Waals surface area contributed by atoms with Gasteiger partial charge in [0, 0.05) is 25.6 Å². The molecular weight excluding hydrogens is 188 g/mol. The monoisotopic (exact) mass is 210 g/mol. The molecule has 1 fully saturated rings. The summed E-state index contributed by atoms with van der Waals surface area (Å²) in [6.07, 6.45) is 7.78. The van der Waals surface area contributed by atoms with Crippen molar-refractivity contribution >= 4 is 0 Å². The molecule has 0 spiro atoms. The van der Waals surface area contributed by atoms with Crippen molar-refractivity contribution in [2.45, 2.75) is 51.0 Å². The van der Waals surface area contributed by atoms with E-state index in [0.29, 0.717) is 13.0 Å². The van der Waals surface area contributed by atoms with Crippen molar-refractivity contribution in [3.05, 3.63) is 0 Å². The first kappa shape index (κ1) is 12.5. The van der Waals surface area contributed by atoms with Crippen LogP contribution in [0.3, 0.4) is 0 Å². The molecule has 15 heavy (non-hydrogen) atoms. The summed E-state index contributed by atoms with van der Waals surface area (Å²) in [7, 11) is 0. The number of hydrogen-bond acceptors (Lipinski definition) is 3. The predicted molar refractivity (Wildman–Crippen MR) is 60.4 cm³/mol. The minimum atomic E-state index is 0.320. The maximum atomic E-state index is 8.64. The molecule has 0 heterocycles. The third kappa shape index (κ3) is 5.76. The Morgan fingerprint density at radius 2 is 1.87 bits per heavy atom. The second-order valence-electron chi connectivity index (χ2n) is 4.31. The molecule has 0 unspecified atom stereocenters. The fourth-order valence-electron chi connectivity index (χ4n) is 1.89. The van der Waals surface area contributed by atoms with E-state index >= 15 is 0 Å². The first-order valence-electron chi connectivity index (χ1n) is 6.10. The van der Waals surface area contributed by atoms with Crippen molar-refractivity contribution in [2.75, 3.05) is 19.7 Å². The van der Waals surface area contributed by atoms with Crippen LogP contribution in [0.4, 0.5) is 0 Å². The quantitative estimate of drug-likeness (QED) is 0.591. The lowest BCUT2D eigenvalue weighted by molar-refractivity contribution is 0.256. The maximum absolute atomic E-state index is 8.64. The summed E-state index contributed by atoms with van der Waals surface area (Å²) in [6.45, 7) is 2.40. The average molecular weight is 210 g/mol. The Morgan fingerprint density at radius 1 is 1.13 bits per heavy atom. The van der Waals surface area contributed by atoms with Crippen LogP contribution in [0.1, 0.15) is 44.9 Å². The molecule has 1 rings (SSSR count). The zero-order valence-corrected chi connectivity index (χ0v) is 9.49. The van der Waals surface area contributed by atoms with Gasteiger partial charge in [-0.05, 0) is 32.2 Å². The highest BCUT2D eigenvalue weighted by Gasteiger charge is 2.27. The smallest absolute Gasteiger partial charge is 0.0635 e. The molecule has 3 nitrogen and oxygen atoms in total. The summed E-state index contributed by atoms with van der Waals surface area (Å²) in [4.78, 5) is 2.46. The van der Waals surface area contributed by atoms with Crippen molar-refractivity contribution in [1.29, 1.82) is 5.26 Å². The van der Waals surface area contributed by atoms with Gasteiger partial charge in [-0.1, -0.05) is 12.8 Å². The van der Waals surface area contributed by atoms with E-state index in [1.807, 2.05) is 0 Å². The Balaban J connectivity index is 2.01. The summed E-state index contributed by atoms with van der Waals surface area (Å²) in [5, 5.41) is 17.2. The van der Waals surface area contributed by atoms with Gasteiger partial charge in [0.25, 0.3) is 0 Å². The third-order valence-corrected chi connectivity index (χ3v) is 2.93. The Bertz CT molecular complexity index is 196. The molecule has 3 heteroatoms. The standard InChI is InChI=1S/C12H22N2O/c13-8-5-10-14(12-6-7-12)9-3-1-2-4-11-15/h12,15H,1-7,9-11H2. The normalized spacial score (nSPS) is 15.5. The highest BCUT2D eigenvalue weighted by molar-refractivity contribution is 4.86. The molecule has 0 atom stereocenters. The first-order valence-corrected chi connectivity index (χ1v) is 6.10. The summed E-state index contributed by atoms with van der Waals surface area (Å²) in [5.41, 5.74) is 0.